The zero-order chi connectivity index (χ0) is 9.78. The molecule has 0 amide bonds. The maximum absolute atomic E-state index is 4.29. The monoisotopic (exact) mass is 196 g/mol. The van der Waals surface area contributed by atoms with E-state index in [0.717, 1.165) is 12.0 Å². The summed E-state index contributed by atoms with van der Waals surface area (Å²) in [4.78, 5) is 6.49. The van der Waals surface area contributed by atoms with Gasteiger partial charge in [-0.3, -0.25) is 4.99 Å². The van der Waals surface area contributed by atoms with Gasteiger partial charge in [-0.15, -0.1) is 0 Å². The summed E-state index contributed by atoms with van der Waals surface area (Å²) in [5.41, 5.74) is 0.122. The lowest BCUT2D eigenvalue weighted by Gasteiger charge is -2.36. The highest BCUT2D eigenvalue weighted by atomic mass is 28.1. The van der Waals surface area contributed by atoms with Gasteiger partial charge in [0.25, 0.3) is 0 Å². The molecule has 0 atom stereocenters. The van der Waals surface area contributed by atoms with Crippen molar-refractivity contribution >= 4 is 26.3 Å². The Hall–Kier alpha value is -0.0962. The van der Waals surface area contributed by atoms with Gasteiger partial charge in [-0.05, 0) is 27.7 Å². The lowest BCUT2D eigenvalue weighted by atomic mass is 10.1. The molecule has 0 fully saturated rings. The van der Waals surface area contributed by atoms with Crippen molar-refractivity contribution in [3.63, 3.8) is 0 Å². The highest BCUT2D eigenvalue weighted by Gasteiger charge is 2.19. The number of amidine groups is 1. The molecular formula is C8H16N2Si2. The smallest absolute Gasteiger partial charge is 0.0954 e. The van der Waals surface area contributed by atoms with Crippen LogP contribution in [0.5, 0.6) is 0 Å². The van der Waals surface area contributed by atoms with Crippen LogP contribution in [-0.2, 0) is 0 Å². The van der Waals surface area contributed by atoms with Crippen LogP contribution in [0.3, 0.4) is 0 Å². The van der Waals surface area contributed by atoms with Gasteiger partial charge in [0.05, 0.1) is 26.3 Å². The second-order valence-electron chi connectivity index (χ2n) is 3.62. The molecule has 4 heteroatoms. The highest BCUT2D eigenvalue weighted by Crippen LogP contribution is 2.12. The van der Waals surface area contributed by atoms with Gasteiger partial charge in [0.2, 0.25) is 0 Å². The van der Waals surface area contributed by atoms with Crippen LogP contribution >= 0.6 is 0 Å². The third kappa shape index (κ3) is 3.53. The molecular weight excluding hydrogens is 180 g/mol. The SMILES string of the molecule is C/C(=N/C[Si])N(C[Si])C(C)(C)C. The molecule has 0 saturated heterocycles. The minimum atomic E-state index is 0.122. The van der Waals surface area contributed by atoms with E-state index in [1.54, 1.807) is 0 Å². The van der Waals surface area contributed by atoms with Gasteiger partial charge in [-0.25, -0.2) is 0 Å². The van der Waals surface area contributed by atoms with E-state index in [4.69, 9.17) is 0 Å². The van der Waals surface area contributed by atoms with Gasteiger partial charge in [0.15, 0.2) is 0 Å². The molecule has 66 valence electrons. The van der Waals surface area contributed by atoms with Crippen LogP contribution in [0.1, 0.15) is 27.7 Å². The first-order chi connectivity index (χ1) is 5.43. The molecule has 0 aliphatic heterocycles. The van der Waals surface area contributed by atoms with E-state index in [2.05, 4.69) is 51.1 Å². The normalized spacial score (nSPS) is 13.3. The second-order valence-corrected chi connectivity index (χ2v) is 4.25. The molecule has 12 heavy (non-hydrogen) atoms. The Bertz CT molecular complexity index is 161. The Kier molecular flexibility index (Phi) is 4.78. The standard InChI is InChI=1S/C8H16N2Si2/c1-7(9-5-11)10(6-12)8(2,3)4/h5-6H2,1-4H3/b9-7-. The quantitative estimate of drug-likeness (QED) is 0.362. The predicted molar refractivity (Wildman–Crippen MR) is 55.9 cm³/mol. The maximum Gasteiger partial charge on any atom is 0.0954 e. The lowest BCUT2D eigenvalue weighted by Crippen LogP contribution is -2.45. The van der Waals surface area contributed by atoms with Crippen LogP contribution in [0.25, 0.3) is 0 Å². The third-order valence-corrected chi connectivity index (χ3v) is 2.14. The molecule has 0 saturated carbocycles. The fraction of sp³-hybridized carbons (Fsp3) is 0.875. The maximum atomic E-state index is 4.29. The summed E-state index contributed by atoms with van der Waals surface area (Å²) in [6, 6.07) is 0. The molecule has 0 aromatic carbocycles. The first kappa shape index (κ1) is 11.9. The summed E-state index contributed by atoms with van der Waals surface area (Å²) in [5, 5.41) is 0. The van der Waals surface area contributed by atoms with Crippen LogP contribution in [0, 0.1) is 0 Å². The van der Waals surface area contributed by atoms with E-state index in [1.165, 1.54) is 0 Å². The van der Waals surface area contributed by atoms with Crippen molar-refractivity contribution in [1.82, 2.24) is 4.90 Å². The lowest BCUT2D eigenvalue weighted by molar-refractivity contribution is 0.267. The minimum Gasteiger partial charge on any atom is -0.360 e. The largest absolute Gasteiger partial charge is 0.360 e. The average Bonchev–Trinajstić information content (AvgIpc) is 1.85. The van der Waals surface area contributed by atoms with Gasteiger partial charge < -0.3 is 4.90 Å². The Labute approximate surface area is 82.3 Å². The Morgan fingerprint density at radius 1 is 1.33 bits per heavy atom. The first-order valence-corrected chi connectivity index (χ1v) is 5.42. The van der Waals surface area contributed by atoms with E-state index in [0.29, 0.717) is 6.17 Å². The van der Waals surface area contributed by atoms with Crippen molar-refractivity contribution in [2.24, 2.45) is 4.99 Å². The molecule has 0 rings (SSSR count). The topological polar surface area (TPSA) is 15.6 Å². The van der Waals surface area contributed by atoms with Crippen LogP contribution in [-0.4, -0.2) is 49.1 Å². The third-order valence-electron chi connectivity index (χ3n) is 1.67. The predicted octanol–water partition coefficient (Wildman–Crippen LogP) is 0.757. The molecule has 6 radical (unpaired) electrons. The highest BCUT2D eigenvalue weighted by molar-refractivity contribution is 6.11. The number of aliphatic imine (C=N–C) groups is 1. The van der Waals surface area contributed by atoms with Gasteiger partial charge in [0.1, 0.15) is 0 Å². The van der Waals surface area contributed by atoms with Crippen LogP contribution in [0.2, 0.25) is 0 Å². The number of nitrogens with zero attached hydrogens (tertiary/aromatic N) is 2. The average molecular weight is 196 g/mol. The Balaban J connectivity index is 4.46. The number of rotatable bonds is 2. The van der Waals surface area contributed by atoms with Crippen molar-refractivity contribution < 1.29 is 0 Å². The molecule has 0 bridgehead atoms. The van der Waals surface area contributed by atoms with Crippen molar-refractivity contribution in [3.05, 3.63) is 0 Å². The van der Waals surface area contributed by atoms with E-state index in [9.17, 15) is 0 Å². The summed E-state index contributed by atoms with van der Waals surface area (Å²) in [7, 11) is 6.83. The van der Waals surface area contributed by atoms with Crippen molar-refractivity contribution in [2.45, 2.75) is 33.2 Å². The fourth-order valence-corrected chi connectivity index (χ4v) is 1.97. The summed E-state index contributed by atoms with van der Waals surface area (Å²) in [5.74, 6) is 1.05. The molecule has 0 heterocycles. The van der Waals surface area contributed by atoms with Crippen molar-refractivity contribution in [3.8, 4) is 0 Å². The molecule has 0 unspecified atom stereocenters. The summed E-state index contributed by atoms with van der Waals surface area (Å²) in [6.45, 7) is 8.52. The molecule has 0 aromatic heterocycles. The van der Waals surface area contributed by atoms with Crippen LogP contribution in [0.4, 0.5) is 0 Å². The van der Waals surface area contributed by atoms with E-state index in [-0.39, 0.29) is 5.54 Å². The minimum absolute atomic E-state index is 0.122. The molecule has 0 N–H and O–H groups in total. The van der Waals surface area contributed by atoms with Crippen molar-refractivity contribution in [1.29, 1.82) is 0 Å². The van der Waals surface area contributed by atoms with Gasteiger partial charge in [0, 0.05) is 17.9 Å². The van der Waals surface area contributed by atoms with Gasteiger partial charge in [-0.2, -0.15) is 0 Å². The van der Waals surface area contributed by atoms with E-state index < -0.39 is 0 Å². The molecule has 0 spiro atoms. The Morgan fingerprint density at radius 3 is 2.08 bits per heavy atom. The zero-order valence-electron chi connectivity index (χ0n) is 8.31. The van der Waals surface area contributed by atoms with Crippen LogP contribution < -0.4 is 0 Å². The van der Waals surface area contributed by atoms with E-state index in [1.807, 2.05) is 6.92 Å². The summed E-state index contributed by atoms with van der Waals surface area (Å²) in [6.07, 6.45) is 1.47. The van der Waals surface area contributed by atoms with Crippen LogP contribution in [0.15, 0.2) is 4.99 Å². The zero-order valence-corrected chi connectivity index (χ0v) is 10.3. The Morgan fingerprint density at radius 2 is 1.83 bits per heavy atom. The first-order valence-electron chi connectivity index (χ1n) is 4.01. The fourth-order valence-electron chi connectivity index (χ4n) is 1.04. The molecule has 0 aliphatic rings. The molecule has 0 aliphatic carbocycles. The number of hydrogen-bond acceptors (Lipinski definition) is 1. The van der Waals surface area contributed by atoms with Gasteiger partial charge in [-0.1, -0.05) is 0 Å². The van der Waals surface area contributed by atoms with E-state index >= 15 is 0 Å². The second kappa shape index (κ2) is 4.81. The number of hydrogen-bond donors (Lipinski definition) is 0. The van der Waals surface area contributed by atoms with Gasteiger partial charge >= 0.3 is 0 Å². The van der Waals surface area contributed by atoms with Crippen molar-refractivity contribution in [2.75, 3.05) is 12.3 Å². The molecule has 2 nitrogen and oxygen atoms in total. The molecule has 0 aromatic rings. The summed E-state index contributed by atoms with van der Waals surface area (Å²) < 4.78 is 0. The summed E-state index contributed by atoms with van der Waals surface area (Å²) >= 11 is 0.